The molecule has 0 aliphatic carbocycles. The van der Waals surface area contributed by atoms with Crippen LogP contribution in [0.1, 0.15) is 34.6 Å². The molecule has 0 saturated heterocycles. The van der Waals surface area contributed by atoms with E-state index >= 15 is 0 Å². The van der Waals surface area contributed by atoms with E-state index in [1.807, 2.05) is 48.5 Å². The number of aromatic carboxylic acids is 2. The van der Waals surface area contributed by atoms with Crippen LogP contribution < -0.4 is 10.2 Å². The van der Waals surface area contributed by atoms with Crippen molar-refractivity contribution in [1.29, 1.82) is 0 Å². The summed E-state index contributed by atoms with van der Waals surface area (Å²) >= 11 is 0. The van der Waals surface area contributed by atoms with Crippen LogP contribution in [0.3, 0.4) is 0 Å². The second-order valence-corrected chi connectivity index (χ2v) is 7.87. The van der Waals surface area contributed by atoms with Crippen LogP contribution in [0.25, 0.3) is 21.5 Å². The number of hydrogen-bond donors (Lipinski definition) is 2. The van der Waals surface area contributed by atoms with Crippen molar-refractivity contribution in [2.45, 2.75) is 13.8 Å². The Balaban J connectivity index is 0.000000524. The molecule has 39 heavy (non-hydrogen) atoms. The molecule has 0 aromatic heterocycles. The van der Waals surface area contributed by atoms with E-state index in [9.17, 15) is 29.4 Å². The van der Waals surface area contributed by atoms with E-state index in [1.165, 1.54) is 13.8 Å². The predicted molar refractivity (Wildman–Crippen MR) is 141 cm³/mol. The number of carboxylic acid groups (broad SMARTS) is 4. The first-order valence-corrected chi connectivity index (χ1v) is 11.0. The summed E-state index contributed by atoms with van der Waals surface area (Å²) in [7, 11) is 0. The average molecular weight is 580 g/mol. The standard InChI is InChI=1S/2C11H8O2.2C4H6O2.Zn/c2*12-11(13)10-6-5-8-3-1-2-4-9(8)7-10;2*1-3(2)4(5)6;/h2*1-7H,(H,12,13);2*1H2,2H3,(H,5,6);/q;;;;+2/p-2. The largest absolute Gasteiger partial charge is 2.00 e. The average Bonchev–Trinajstić information content (AvgIpc) is 2.89. The first-order valence-electron chi connectivity index (χ1n) is 11.0. The van der Waals surface area contributed by atoms with E-state index in [1.54, 1.807) is 36.4 Å². The van der Waals surface area contributed by atoms with Crippen molar-refractivity contribution in [3.8, 4) is 0 Å². The monoisotopic (exact) mass is 578 g/mol. The van der Waals surface area contributed by atoms with Gasteiger partial charge in [0.25, 0.3) is 0 Å². The molecule has 0 bridgehead atoms. The Bertz CT molecular complexity index is 1350. The molecule has 0 unspecified atom stereocenters. The molecule has 0 aliphatic heterocycles. The van der Waals surface area contributed by atoms with Crippen LogP contribution in [-0.2, 0) is 29.1 Å². The van der Waals surface area contributed by atoms with Gasteiger partial charge in [0.2, 0.25) is 0 Å². The molecule has 0 saturated carbocycles. The fourth-order valence-corrected chi connectivity index (χ4v) is 2.63. The fraction of sp³-hybridized carbons (Fsp3) is 0.0667. The van der Waals surface area contributed by atoms with E-state index in [0.717, 1.165) is 21.5 Å². The van der Waals surface area contributed by atoms with Gasteiger partial charge in [-0.05, 0) is 58.7 Å². The zero-order valence-electron chi connectivity index (χ0n) is 21.5. The maximum absolute atomic E-state index is 10.5. The molecule has 0 radical (unpaired) electrons. The van der Waals surface area contributed by atoms with Gasteiger partial charge < -0.3 is 30.0 Å². The topological polar surface area (TPSA) is 155 Å². The van der Waals surface area contributed by atoms with Crippen molar-refractivity contribution < 1.29 is 59.1 Å². The van der Waals surface area contributed by atoms with Crippen LogP contribution in [0.4, 0.5) is 0 Å². The molecule has 0 amide bonds. The third kappa shape index (κ3) is 12.5. The van der Waals surface area contributed by atoms with E-state index in [0.29, 0.717) is 0 Å². The van der Waals surface area contributed by atoms with E-state index in [4.69, 9.17) is 10.2 Å². The normalized spacial score (nSPS) is 9.08. The van der Waals surface area contributed by atoms with Crippen molar-refractivity contribution in [2.24, 2.45) is 0 Å². The summed E-state index contributed by atoms with van der Waals surface area (Å²) in [5, 5.41) is 40.8. The van der Waals surface area contributed by atoms with Crippen molar-refractivity contribution in [3.05, 3.63) is 120 Å². The van der Waals surface area contributed by atoms with Gasteiger partial charge in [0.15, 0.2) is 0 Å². The molecule has 4 aromatic rings. The van der Waals surface area contributed by atoms with Gasteiger partial charge in [-0.1, -0.05) is 86.0 Å². The molecule has 9 heteroatoms. The van der Waals surface area contributed by atoms with Crippen molar-refractivity contribution >= 4 is 45.4 Å². The van der Waals surface area contributed by atoms with E-state index < -0.39 is 23.9 Å². The number of aliphatic carboxylic acids is 2. The number of hydrogen-bond acceptors (Lipinski definition) is 6. The van der Waals surface area contributed by atoms with Gasteiger partial charge in [0.05, 0.1) is 11.9 Å². The Kier molecular flexibility index (Phi) is 15.0. The van der Waals surface area contributed by atoms with Crippen molar-refractivity contribution in [3.63, 3.8) is 0 Å². The first-order chi connectivity index (χ1) is 17.8. The molecular formula is C30H26O8Zn. The summed E-state index contributed by atoms with van der Waals surface area (Å²) in [6.07, 6.45) is 0. The number of carbonyl (C=O) groups excluding carboxylic acids is 2. The smallest absolute Gasteiger partial charge is 0.545 e. The molecule has 4 aromatic carbocycles. The van der Waals surface area contributed by atoms with Crippen LogP contribution >= 0.6 is 0 Å². The van der Waals surface area contributed by atoms with Crippen molar-refractivity contribution in [2.75, 3.05) is 0 Å². The van der Waals surface area contributed by atoms with Crippen LogP contribution in [0, 0.1) is 0 Å². The zero-order valence-corrected chi connectivity index (χ0v) is 24.5. The minimum atomic E-state index is -1.13. The fourth-order valence-electron chi connectivity index (χ4n) is 2.63. The van der Waals surface area contributed by atoms with Gasteiger partial charge in [-0.25, -0.2) is 9.59 Å². The minimum Gasteiger partial charge on any atom is -0.545 e. The Morgan fingerprint density at radius 3 is 1.05 bits per heavy atom. The van der Waals surface area contributed by atoms with Gasteiger partial charge in [0.1, 0.15) is 0 Å². The molecule has 0 aliphatic rings. The van der Waals surface area contributed by atoms with E-state index in [2.05, 4.69) is 13.2 Å². The van der Waals surface area contributed by atoms with Gasteiger partial charge in [0, 0.05) is 11.1 Å². The Morgan fingerprint density at radius 2 is 0.821 bits per heavy atom. The quantitative estimate of drug-likeness (QED) is 0.274. The number of carboxylic acids is 4. The molecule has 0 spiro atoms. The Labute approximate surface area is 238 Å². The maximum Gasteiger partial charge on any atom is 2.00 e. The van der Waals surface area contributed by atoms with Crippen LogP contribution in [0.15, 0.2) is 109 Å². The molecule has 0 fully saturated rings. The summed E-state index contributed by atoms with van der Waals surface area (Å²) in [6.45, 7) is 9.20. The predicted octanol–water partition coefficient (Wildman–Crippen LogP) is 3.70. The molecule has 196 valence electrons. The molecular weight excluding hydrogens is 554 g/mol. The van der Waals surface area contributed by atoms with E-state index in [-0.39, 0.29) is 41.8 Å². The summed E-state index contributed by atoms with van der Waals surface area (Å²) in [4.78, 5) is 40.3. The van der Waals surface area contributed by atoms with Crippen LogP contribution in [-0.4, -0.2) is 34.1 Å². The van der Waals surface area contributed by atoms with Gasteiger partial charge in [-0.3, -0.25) is 0 Å². The molecule has 2 N–H and O–H groups in total. The summed E-state index contributed by atoms with van der Waals surface area (Å²) < 4.78 is 0. The molecule has 0 atom stereocenters. The number of fused-ring (bicyclic) bond motifs is 2. The van der Waals surface area contributed by atoms with Gasteiger partial charge in [-0.15, -0.1) is 0 Å². The summed E-state index contributed by atoms with van der Waals surface area (Å²) in [5.74, 6) is -4.14. The summed E-state index contributed by atoms with van der Waals surface area (Å²) in [5.41, 5.74) is 0.794. The summed E-state index contributed by atoms with van der Waals surface area (Å²) in [6, 6.07) is 25.1. The van der Waals surface area contributed by atoms with Gasteiger partial charge >= 0.3 is 31.4 Å². The second-order valence-electron chi connectivity index (χ2n) is 7.87. The first kappa shape index (κ1) is 34.4. The molecule has 0 heterocycles. The SMILES string of the molecule is C=C(C)C(=O)O.C=C(C)C(=O)O.O=C([O-])c1ccc2ccccc2c1.O=C([O-])c1ccc2ccccc2c1.[Zn+2]. The Morgan fingerprint density at radius 1 is 0.564 bits per heavy atom. The van der Waals surface area contributed by atoms with Crippen LogP contribution in [0.2, 0.25) is 0 Å². The van der Waals surface area contributed by atoms with Gasteiger partial charge in [-0.2, -0.15) is 0 Å². The number of rotatable bonds is 4. The second kappa shape index (κ2) is 17.0. The zero-order chi connectivity index (χ0) is 28.8. The Hall–Kier alpha value is -4.62. The maximum atomic E-state index is 10.5. The third-order valence-corrected chi connectivity index (χ3v) is 4.70. The third-order valence-electron chi connectivity index (χ3n) is 4.70. The molecule has 8 nitrogen and oxygen atoms in total. The minimum absolute atomic E-state index is 0. The van der Waals surface area contributed by atoms with Crippen LogP contribution in [0.5, 0.6) is 0 Å². The number of carbonyl (C=O) groups is 4. The number of benzene rings is 4. The molecule has 4 rings (SSSR count). The van der Waals surface area contributed by atoms with Crippen molar-refractivity contribution in [1.82, 2.24) is 0 Å².